The Balaban J connectivity index is 4.67. The topological polar surface area (TPSA) is 74.6 Å². The van der Waals surface area contributed by atoms with Gasteiger partial charge in [-0.15, -0.1) is 0 Å². The minimum Gasteiger partial charge on any atom is -0.502 e. The van der Waals surface area contributed by atoms with Crippen LogP contribution in [0.2, 0.25) is 0 Å². The summed E-state index contributed by atoms with van der Waals surface area (Å²) in [5.74, 6) is -2.81. The molecule has 0 atom stereocenters. The summed E-state index contributed by atoms with van der Waals surface area (Å²) in [6.07, 6.45) is 0. The Morgan fingerprint density at radius 2 is 1.50 bits per heavy atom. The van der Waals surface area contributed by atoms with E-state index in [9.17, 15) is 9.59 Å². The number of hydrogen-bond donors (Lipinski definition) is 2. The zero-order valence-electron chi connectivity index (χ0n) is 5.71. The Morgan fingerprint density at radius 3 is 1.60 bits per heavy atom. The molecule has 0 saturated heterocycles. The van der Waals surface area contributed by atoms with Crippen LogP contribution in [0.4, 0.5) is 0 Å². The number of aliphatic carboxylic acids is 1. The van der Waals surface area contributed by atoms with Crippen LogP contribution in [0.25, 0.3) is 0 Å². The Morgan fingerprint density at radius 1 is 1.10 bits per heavy atom. The number of hydrogen-bond acceptors (Lipinski definition) is 3. The van der Waals surface area contributed by atoms with Crippen LogP contribution < -0.4 is 0 Å². The van der Waals surface area contributed by atoms with E-state index in [1.165, 1.54) is 13.8 Å². The highest BCUT2D eigenvalue weighted by molar-refractivity contribution is 6.00. The van der Waals surface area contributed by atoms with Gasteiger partial charge in [-0.25, -0.2) is 4.79 Å². The molecule has 0 aromatic carbocycles. The van der Waals surface area contributed by atoms with Crippen LogP contribution in [0.5, 0.6) is 0 Å². The predicted octanol–water partition coefficient (Wildman–Crippen LogP) is 0.492. The number of Topliss-reactive ketones (excluding diaryl/α,β-unsaturated/α-hetero) is 1. The molecule has 0 rings (SSSR count). The van der Waals surface area contributed by atoms with Gasteiger partial charge < -0.3 is 10.2 Å². The molecule has 0 radical (unpaired) electrons. The predicted molar refractivity (Wildman–Crippen MR) is 33.6 cm³/mol. The van der Waals surface area contributed by atoms with Crippen molar-refractivity contribution in [3.05, 3.63) is 11.3 Å². The van der Waals surface area contributed by atoms with Crippen LogP contribution >= 0.6 is 0 Å². The summed E-state index contributed by atoms with van der Waals surface area (Å²) >= 11 is 0. The first-order valence-electron chi connectivity index (χ1n) is 2.61. The maximum Gasteiger partial charge on any atom is 0.371 e. The van der Waals surface area contributed by atoms with Crippen molar-refractivity contribution in [2.24, 2.45) is 0 Å². The van der Waals surface area contributed by atoms with Crippen molar-refractivity contribution in [2.45, 2.75) is 13.8 Å². The number of carboxylic acid groups (broad SMARTS) is 1. The average molecular weight is 144 g/mol. The first-order chi connectivity index (χ1) is 4.46. The summed E-state index contributed by atoms with van der Waals surface area (Å²) in [7, 11) is 0. The van der Waals surface area contributed by atoms with Gasteiger partial charge in [0.25, 0.3) is 0 Å². The summed E-state index contributed by atoms with van der Waals surface area (Å²) in [4.78, 5) is 20.4. The van der Waals surface area contributed by atoms with Crippen LogP contribution in [0.1, 0.15) is 13.8 Å². The molecule has 0 aliphatic heterocycles. The lowest BCUT2D eigenvalue weighted by atomic mass is 10.2. The van der Waals surface area contributed by atoms with E-state index in [1.54, 1.807) is 0 Å². The van der Waals surface area contributed by atoms with Crippen molar-refractivity contribution in [1.82, 2.24) is 0 Å². The highest BCUT2D eigenvalue weighted by Crippen LogP contribution is 2.00. The van der Waals surface area contributed by atoms with E-state index in [0.29, 0.717) is 0 Å². The molecule has 0 aromatic heterocycles. The molecule has 4 nitrogen and oxygen atoms in total. The molecule has 0 amide bonds. The smallest absolute Gasteiger partial charge is 0.371 e. The van der Waals surface area contributed by atoms with Crippen molar-refractivity contribution < 1.29 is 19.8 Å². The van der Waals surface area contributed by atoms with Crippen molar-refractivity contribution in [3.63, 3.8) is 0 Å². The number of carbonyl (C=O) groups is 2. The molecule has 2 N–H and O–H groups in total. The molecule has 0 aromatic rings. The van der Waals surface area contributed by atoms with E-state index in [4.69, 9.17) is 10.2 Å². The Hall–Kier alpha value is -1.32. The van der Waals surface area contributed by atoms with Gasteiger partial charge in [0, 0.05) is 5.57 Å². The molecule has 0 fully saturated rings. The van der Waals surface area contributed by atoms with Crippen LogP contribution in [0.3, 0.4) is 0 Å². The lowest BCUT2D eigenvalue weighted by Gasteiger charge is -1.95. The lowest BCUT2D eigenvalue weighted by Crippen LogP contribution is -2.06. The van der Waals surface area contributed by atoms with Gasteiger partial charge >= 0.3 is 5.97 Å². The number of allylic oxidation sites excluding steroid dienone is 1. The van der Waals surface area contributed by atoms with Crippen LogP contribution in [-0.4, -0.2) is 22.0 Å². The quantitative estimate of drug-likeness (QED) is 0.437. The van der Waals surface area contributed by atoms with Gasteiger partial charge in [-0.05, 0) is 13.8 Å². The molecular weight excluding hydrogens is 136 g/mol. The molecule has 0 saturated carbocycles. The van der Waals surface area contributed by atoms with Crippen molar-refractivity contribution in [3.8, 4) is 0 Å². The standard InChI is InChI=1S/C6H8O4/c1-3(4(2)7)5(8)6(9)10/h8H,1-2H3,(H,9,10)/b5-3-. The first-order valence-corrected chi connectivity index (χ1v) is 2.61. The Labute approximate surface area is 57.8 Å². The second-order valence-electron chi connectivity index (χ2n) is 1.83. The largest absolute Gasteiger partial charge is 0.502 e. The van der Waals surface area contributed by atoms with E-state index in [-0.39, 0.29) is 5.57 Å². The summed E-state index contributed by atoms with van der Waals surface area (Å²) in [5.41, 5.74) is -0.132. The monoisotopic (exact) mass is 144 g/mol. The Kier molecular flexibility index (Phi) is 2.61. The van der Waals surface area contributed by atoms with E-state index in [1.807, 2.05) is 0 Å². The number of aliphatic hydroxyl groups is 1. The molecule has 0 unspecified atom stereocenters. The third-order valence-electron chi connectivity index (χ3n) is 1.09. The fourth-order valence-electron chi connectivity index (χ4n) is 0.327. The van der Waals surface area contributed by atoms with Gasteiger partial charge in [0.1, 0.15) is 0 Å². The fourth-order valence-corrected chi connectivity index (χ4v) is 0.327. The number of rotatable bonds is 2. The van der Waals surface area contributed by atoms with Gasteiger partial charge in [0.15, 0.2) is 5.78 Å². The van der Waals surface area contributed by atoms with Gasteiger partial charge in [-0.1, -0.05) is 0 Å². The third kappa shape index (κ3) is 1.89. The van der Waals surface area contributed by atoms with E-state index in [0.717, 1.165) is 0 Å². The van der Waals surface area contributed by atoms with Gasteiger partial charge in [-0.2, -0.15) is 0 Å². The van der Waals surface area contributed by atoms with Crippen molar-refractivity contribution in [2.75, 3.05) is 0 Å². The Bertz CT molecular complexity index is 180. The summed E-state index contributed by atoms with van der Waals surface area (Å²) in [6, 6.07) is 0. The van der Waals surface area contributed by atoms with Crippen LogP contribution in [0.15, 0.2) is 11.3 Å². The van der Waals surface area contributed by atoms with Gasteiger partial charge in [0.2, 0.25) is 5.76 Å². The minimum absolute atomic E-state index is 0.132. The van der Waals surface area contributed by atoms with E-state index in [2.05, 4.69) is 0 Å². The molecule has 10 heavy (non-hydrogen) atoms. The zero-order chi connectivity index (χ0) is 8.31. The molecule has 4 heteroatoms. The average Bonchev–Trinajstić information content (AvgIpc) is 1.84. The molecule has 0 bridgehead atoms. The third-order valence-corrected chi connectivity index (χ3v) is 1.09. The normalized spacial score (nSPS) is 12.2. The maximum absolute atomic E-state index is 10.4. The second-order valence-corrected chi connectivity index (χ2v) is 1.83. The minimum atomic E-state index is -1.48. The lowest BCUT2D eigenvalue weighted by molar-refractivity contribution is -0.136. The SMILES string of the molecule is CC(=O)/C(C)=C(\O)C(=O)O. The number of ketones is 1. The maximum atomic E-state index is 10.4. The van der Waals surface area contributed by atoms with E-state index < -0.39 is 17.5 Å². The molecule has 0 spiro atoms. The van der Waals surface area contributed by atoms with Gasteiger partial charge in [0.05, 0.1) is 0 Å². The van der Waals surface area contributed by atoms with Gasteiger partial charge in [-0.3, -0.25) is 4.79 Å². The van der Waals surface area contributed by atoms with Crippen LogP contribution in [0, 0.1) is 0 Å². The zero-order valence-corrected chi connectivity index (χ0v) is 5.71. The summed E-state index contributed by atoms with van der Waals surface area (Å²) in [6.45, 7) is 2.44. The van der Waals surface area contributed by atoms with E-state index >= 15 is 0 Å². The number of aliphatic hydroxyl groups excluding tert-OH is 1. The molecule has 0 heterocycles. The molecule has 56 valence electrons. The summed E-state index contributed by atoms with van der Waals surface area (Å²) < 4.78 is 0. The van der Waals surface area contributed by atoms with Crippen molar-refractivity contribution >= 4 is 11.8 Å². The number of carbonyl (C=O) groups excluding carboxylic acids is 1. The molecule has 0 aliphatic rings. The highest BCUT2D eigenvalue weighted by Gasteiger charge is 2.11. The second kappa shape index (κ2) is 3.00. The summed E-state index contributed by atoms with van der Waals surface area (Å²) in [5, 5.41) is 16.8. The fraction of sp³-hybridized carbons (Fsp3) is 0.333. The first kappa shape index (κ1) is 8.68. The number of carboxylic acids is 1. The van der Waals surface area contributed by atoms with Crippen molar-refractivity contribution in [1.29, 1.82) is 0 Å². The highest BCUT2D eigenvalue weighted by atomic mass is 16.4. The van der Waals surface area contributed by atoms with Crippen LogP contribution in [-0.2, 0) is 9.59 Å². The molecular formula is C6H8O4. The molecule has 0 aliphatic carbocycles.